The number of nitrogens with zero attached hydrogens (tertiary/aromatic N) is 2. The number of rotatable bonds is 8. The first-order chi connectivity index (χ1) is 14.0. The first-order valence-corrected chi connectivity index (χ1v) is 9.98. The van der Waals surface area contributed by atoms with E-state index in [1.165, 1.54) is 11.1 Å². The minimum absolute atomic E-state index is 0. The lowest BCUT2D eigenvalue weighted by Gasteiger charge is -2.35. The van der Waals surface area contributed by atoms with Crippen molar-refractivity contribution in [1.82, 2.24) is 9.78 Å². The summed E-state index contributed by atoms with van der Waals surface area (Å²) in [4.78, 5) is 24.7. The van der Waals surface area contributed by atoms with Crippen LogP contribution in [-0.4, -0.2) is 35.2 Å². The number of hydrogen-bond donors (Lipinski definition) is 3. The molecule has 30 heavy (non-hydrogen) atoms. The Balaban J connectivity index is 0.00000320. The van der Waals surface area contributed by atoms with Crippen LogP contribution in [-0.2, 0) is 16.1 Å². The summed E-state index contributed by atoms with van der Waals surface area (Å²) in [5, 5.41) is 9.84. The molecule has 1 aromatic carbocycles. The van der Waals surface area contributed by atoms with Crippen LogP contribution in [0.25, 0.3) is 0 Å². The predicted molar refractivity (Wildman–Crippen MR) is 119 cm³/mol. The first kappa shape index (κ1) is 23.7. The smallest absolute Gasteiger partial charge is 0.246 e. The van der Waals surface area contributed by atoms with E-state index in [0.717, 1.165) is 31.4 Å². The third-order valence-corrected chi connectivity index (χ3v) is 5.48. The lowest BCUT2D eigenvalue weighted by Crippen LogP contribution is -2.36. The molecule has 0 aliphatic heterocycles. The summed E-state index contributed by atoms with van der Waals surface area (Å²) in [6.07, 6.45) is 9.11. The Morgan fingerprint density at radius 3 is 2.40 bits per heavy atom. The molecule has 1 aromatic heterocycles. The minimum Gasteiger partial charge on any atom is -0.497 e. The molecule has 1 heterocycles. The molecule has 164 valence electrons. The molecule has 4 N–H and O–H groups in total. The third-order valence-electron chi connectivity index (χ3n) is 5.48. The van der Waals surface area contributed by atoms with E-state index in [9.17, 15) is 9.59 Å². The van der Waals surface area contributed by atoms with Gasteiger partial charge in [-0.25, -0.2) is 0 Å². The molecule has 9 heteroatoms. The molecular weight excluding hydrogens is 406 g/mol. The van der Waals surface area contributed by atoms with Crippen molar-refractivity contribution in [1.29, 1.82) is 0 Å². The Hall–Kier alpha value is -2.58. The van der Waals surface area contributed by atoms with Crippen molar-refractivity contribution in [2.75, 3.05) is 24.3 Å². The SMILES string of the molecule is COc1ccc(NC(=O)Cn2cc(NC(=O)CC3(CN)CCCCC3)cn2)cc1.Cl. The average molecular weight is 436 g/mol. The number of ether oxygens (including phenoxy) is 1. The monoisotopic (exact) mass is 435 g/mol. The molecule has 1 aliphatic carbocycles. The zero-order valence-corrected chi connectivity index (χ0v) is 18.0. The first-order valence-electron chi connectivity index (χ1n) is 9.98. The van der Waals surface area contributed by atoms with Gasteiger partial charge in [-0.15, -0.1) is 12.4 Å². The van der Waals surface area contributed by atoms with Crippen LogP contribution in [0.5, 0.6) is 5.75 Å². The van der Waals surface area contributed by atoms with Crippen LogP contribution in [0.4, 0.5) is 11.4 Å². The summed E-state index contributed by atoms with van der Waals surface area (Å²) < 4.78 is 6.59. The van der Waals surface area contributed by atoms with Crippen molar-refractivity contribution in [2.24, 2.45) is 11.1 Å². The van der Waals surface area contributed by atoms with E-state index in [2.05, 4.69) is 15.7 Å². The molecule has 0 atom stereocenters. The highest BCUT2D eigenvalue weighted by Crippen LogP contribution is 2.38. The molecule has 8 nitrogen and oxygen atoms in total. The Kier molecular flexibility index (Phi) is 8.68. The number of aromatic nitrogens is 2. The molecule has 1 saturated carbocycles. The molecule has 3 rings (SSSR count). The molecule has 0 saturated heterocycles. The van der Waals surface area contributed by atoms with Crippen LogP contribution in [0.2, 0.25) is 0 Å². The van der Waals surface area contributed by atoms with Crippen molar-refractivity contribution in [2.45, 2.75) is 45.1 Å². The van der Waals surface area contributed by atoms with Gasteiger partial charge in [0.05, 0.1) is 19.0 Å². The molecule has 1 fully saturated rings. The van der Waals surface area contributed by atoms with Crippen molar-refractivity contribution in [3.63, 3.8) is 0 Å². The topological polar surface area (TPSA) is 111 Å². The number of halogens is 1. The van der Waals surface area contributed by atoms with E-state index >= 15 is 0 Å². The molecule has 0 unspecified atom stereocenters. The fourth-order valence-corrected chi connectivity index (χ4v) is 3.84. The molecule has 0 spiro atoms. The van der Waals surface area contributed by atoms with Crippen molar-refractivity contribution in [3.05, 3.63) is 36.7 Å². The highest BCUT2D eigenvalue weighted by atomic mass is 35.5. The lowest BCUT2D eigenvalue weighted by molar-refractivity contribution is -0.119. The predicted octanol–water partition coefficient (Wildman–Crippen LogP) is 3.19. The number of nitrogens with two attached hydrogens (primary N) is 1. The Morgan fingerprint density at radius 2 is 1.77 bits per heavy atom. The van der Waals surface area contributed by atoms with Crippen LogP contribution in [0.3, 0.4) is 0 Å². The summed E-state index contributed by atoms with van der Waals surface area (Å²) in [6.45, 7) is 0.583. The minimum atomic E-state index is -0.208. The molecule has 0 radical (unpaired) electrons. The standard InChI is InChI=1S/C21H29N5O3.ClH/c1-29-18-7-5-16(6-8-18)24-20(28)14-26-13-17(12-23-26)25-19(27)11-21(15-22)9-3-2-4-10-21;/h5-8,12-13H,2-4,9-11,14-15,22H2,1H3,(H,24,28)(H,25,27);1H. The van der Waals surface area contributed by atoms with Crippen LogP contribution in [0, 0.1) is 5.41 Å². The Morgan fingerprint density at radius 1 is 1.10 bits per heavy atom. The number of amides is 2. The van der Waals surface area contributed by atoms with Gasteiger partial charge in [0.15, 0.2) is 0 Å². The van der Waals surface area contributed by atoms with Crippen molar-refractivity contribution >= 4 is 35.6 Å². The van der Waals surface area contributed by atoms with Gasteiger partial charge in [-0.05, 0) is 49.1 Å². The van der Waals surface area contributed by atoms with Crippen LogP contribution >= 0.6 is 12.4 Å². The average Bonchev–Trinajstić information content (AvgIpc) is 3.15. The number of benzene rings is 1. The zero-order valence-electron chi connectivity index (χ0n) is 17.2. The van der Waals surface area contributed by atoms with E-state index in [-0.39, 0.29) is 36.2 Å². The van der Waals surface area contributed by atoms with Crippen LogP contribution in [0.1, 0.15) is 38.5 Å². The maximum Gasteiger partial charge on any atom is 0.246 e. The largest absolute Gasteiger partial charge is 0.497 e. The summed E-state index contributed by atoms with van der Waals surface area (Å²) in [5.41, 5.74) is 7.14. The van der Waals surface area contributed by atoms with Crippen molar-refractivity contribution in [3.8, 4) is 5.75 Å². The number of carbonyl (C=O) groups is 2. The fourth-order valence-electron chi connectivity index (χ4n) is 3.84. The van der Waals surface area contributed by atoms with Gasteiger partial charge in [-0.2, -0.15) is 5.10 Å². The summed E-state index contributed by atoms with van der Waals surface area (Å²) in [6, 6.07) is 7.09. The highest BCUT2D eigenvalue weighted by molar-refractivity contribution is 5.92. The van der Waals surface area contributed by atoms with Gasteiger partial charge in [0, 0.05) is 18.3 Å². The number of carbonyl (C=O) groups excluding carboxylic acids is 2. The Bertz CT molecular complexity index is 831. The summed E-state index contributed by atoms with van der Waals surface area (Å²) >= 11 is 0. The van der Waals surface area contributed by atoms with Gasteiger partial charge in [0.25, 0.3) is 0 Å². The van der Waals surface area contributed by atoms with E-state index in [0.29, 0.717) is 24.3 Å². The zero-order chi connectivity index (χ0) is 20.7. The second kappa shape index (κ2) is 11.0. The fraction of sp³-hybridized carbons (Fsp3) is 0.476. The van der Waals surface area contributed by atoms with Crippen LogP contribution < -0.4 is 21.1 Å². The van der Waals surface area contributed by atoms with E-state index in [1.807, 2.05) is 0 Å². The van der Waals surface area contributed by atoms with Gasteiger partial charge in [-0.1, -0.05) is 19.3 Å². The maximum absolute atomic E-state index is 12.5. The van der Waals surface area contributed by atoms with E-state index in [1.54, 1.807) is 43.8 Å². The van der Waals surface area contributed by atoms with Gasteiger partial charge in [-0.3, -0.25) is 14.3 Å². The van der Waals surface area contributed by atoms with Crippen molar-refractivity contribution < 1.29 is 14.3 Å². The molecule has 2 aromatic rings. The van der Waals surface area contributed by atoms with Gasteiger partial charge in [0.2, 0.25) is 11.8 Å². The Labute approximate surface area is 182 Å². The second-order valence-electron chi connectivity index (χ2n) is 7.69. The number of anilines is 2. The van der Waals surface area contributed by atoms with Gasteiger partial charge in [0.1, 0.15) is 12.3 Å². The number of nitrogens with one attached hydrogen (secondary N) is 2. The normalized spacial score (nSPS) is 15.0. The molecule has 0 bridgehead atoms. The number of hydrogen-bond acceptors (Lipinski definition) is 5. The number of methoxy groups -OCH3 is 1. The molecule has 2 amide bonds. The highest BCUT2D eigenvalue weighted by Gasteiger charge is 2.33. The summed E-state index contributed by atoms with van der Waals surface area (Å²) in [5.74, 6) is 0.458. The van der Waals surface area contributed by atoms with Crippen LogP contribution in [0.15, 0.2) is 36.7 Å². The lowest BCUT2D eigenvalue weighted by atomic mass is 9.71. The second-order valence-corrected chi connectivity index (χ2v) is 7.69. The third kappa shape index (κ3) is 6.47. The van der Waals surface area contributed by atoms with E-state index in [4.69, 9.17) is 10.5 Å². The quantitative estimate of drug-likeness (QED) is 0.589. The maximum atomic E-state index is 12.5. The van der Waals surface area contributed by atoms with Gasteiger partial charge < -0.3 is 21.1 Å². The van der Waals surface area contributed by atoms with E-state index < -0.39 is 0 Å². The summed E-state index contributed by atoms with van der Waals surface area (Å²) in [7, 11) is 1.59. The molecular formula is C21H30ClN5O3. The van der Waals surface area contributed by atoms with Gasteiger partial charge >= 0.3 is 0 Å². The molecule has 1 aliphatic rings.